The SMILES string of the molecule is CC(C)(O)Cn1cc(CN)c2ccc(-c3ccccc3C(F)(F)F)nc21. The number of nitrogens with two attached hydrogens (primary N) is 1. The number of benzene rings is 1. The number of pyridine rings is 1. The van der Waals surface area contributed by atoms with E-state index in [1.807, 2.05) is 0 Å². The minimum atomic E-state index is -4.47. The van der Waals surface area contributed by atoms with Crippen molar-refractivity contribution in [1.82, 2.24) is 9.55 Å². The van der Waals surface area contributed by atoms with Crippen LogP contribution in [0.15, 0.2) is 42.6 Å². The molecule has 138 valence electrons. The molecule has 0 aliphatic carbocycles. The van der Waals surface area contributed by atoms with E-state index in [1.54, 1.807) is 42.8 Å². The van der Waals surface area contributed by atoms with Crippen LogP contribution in [0.5, 0.6) is 0 Å². The van der Waals surface area contributed by atoms with Crippen LogP contribution in [0.3, 0.4) is 0 Å². The lowest BCUT2D eigenvalue weighted by atomic mass is 10.0. The molecule has 26 heavy (non-hydrogen) atoms. The van der Waals surface area contributed by atoms with Gasteiger partial charge >= 0.3 is 6.18 Å². The molecule has 3 N–H and O–H groups in total. The van der Waals surface area contributed by atoms with Gasteiger partial charge in [-0.1, -0.05) is 18.2 Å². The van der Waals surface area contributed by atoms with Gasteiger partial charge < -0.3 is 15.4 Å². The van der Waals surface area contributed by atoms with Gasteiger partial charge in [-0.15, -0.1) is 0 Å². The average molecular weight is 363 g/mol. The fourth-order valence-corrected chi connectivity index (χ4v) is 3.04. The van der Waals surface area contributed by atoms with Gasteiger partial charge in [0.15, 0.2) is 0 Å². The fourth-order valence-electron chi connectivity index (χ4n) is 3.04. The smallest absolute Gasteiger partial charge is 0.389 e. The molecule has 0 unspecified atom stereocenters. The number of aromatic nitrogens is 2. The molecule has 0 aliphatic heterocycles. The molecule has 0 spiro atoms. The third-order valence-electron chi connectivity index (χ3n) is 4.09. The molecule has 0 amide bonds. The van der Waals surface area contributed by atoms with Crippen LogP contribution in [-0.2, 0) is 19.3 Å². The highest BCUT2D eigenvalue weighted by molar-refractivity contribution is 5.83. The van der Waals surface area contributed by atoms with E-state index in [2.05, 4.69) is 4.98 Å². The highest BCUT2D eigenvalue weighted by atomic mass is 19.4. The Bertz CT molecular complexity index is 939. The van der Waals surface area contributed by atoms with Crippen molar-refractivity contribution in [2.75, 3.05) is 0 Å². The van der Waals surface area contributed by atoms with E-state index in [0.717, 1.165) is 17.0 Å². The van der Waals surface area contributed by atoms with Gasteiger partial charge in [0, 0.05) is 23.7 Å². The monoisotopic (exact) mass is 363 g/mol. The molecule has 0 radical (unpaired) electrons. The van der Waals surface area contributed by atoms with Crippen LogP contribution in [0.2, 0.25) is 0 Å². The number of hydrogen-bond donors (Lipinski definition) is 2. The summed E-state index contributed by atoms with van der Waals surface area (Å²) in [6, 6.07) is 8.66. The largest absolute Gasteiger partial charge is 0.417 e. The molecule has 0 saturated carbocycles. The second-order valence-electron chi connectivity index (χ2n) is 6.91. The molecular weight excluding hydrogens is 343 g/mol. The van der Waals surface area contributed by atoms with Gasteiger partial charge in [-0.3, -0.25) is 0 Å². The molecular formula is C19H20F3N3O. The van der Waals surface area contributed by atoms with Crippen LogP contribution in [0.25, 0.3) is 22.3 Å². The summed E-state index contributed by atoms with van der Waals surface area (Å²) >= 11 is 0. The predicted octanol–water partition coefficient (Wildman–Crippen LogP) is 3.95. The quantitative estimate of drug-likeness (QED) is 0.738. The molecule has 3 aromatic rings. The van der Waals surface area contributed by atoms with Gasteiger partial charge in [0.25, 0.3) is 0 Å². The lowest BCUT2D eigenvalue weighted by Crippen LogP contribution is -2.25. The number of rotatable bonds is 4. The van der Waals surface area contributed by atoms with Gasteiger partial charge in [0.1, 0.15) is 5.65 Å². The standard InChI is InChI=1S/C19H20F3N3O/c1-18(2,26)11-25-10-12(9-23)13-7-8-16(24-17(13)25)14-5-3-4-6-15(14)19(20,21)22/h3-8,10,26H,9,11,23H2,1-2H3. The number of fused-ring (bicyclic) bond motifs is 1. The zero-order valence-electron chi connectivity index (χ0n) is 14.5. The van der Waals surface area contributed by atoms with Crippen LogP contribution in [0.1, 0.15) is 25.0 Å². The first-order chi connectivity index (χ1) is 12.1. The van der Waals surface area contributed by atoms with Gasteiger partial charge in [0.2, 0.25) is 0 Å². The third kappa shape index (κ3) is 3.59. The first kappa shape index (κ1) is 18.4. The number of hydrogen-bond acceptors (Lipinski definition) is 3. The van der Waals surface area contributed by atoms with E-state index in [1.165, 1.54) is 12.1 Å². The van der Waals surface area contributed by atoms with Crippen molar-refractivity contribution in [3.05, 3.63) is 53.7 Å². The first-order valence-electron chi connectivity index (χ1n) is 8.18. The van der Waals surface area contributed by atoms with Crippen molar-refractivity contribution in [3.8, 4) is 11.3 Å². The summed E-state index contributed by atoms with van der Waals surface area (Å²) in [6.07, 6.45) is -2.68. The van der Waals surface area contributed by atoms with Gasteiger partial charge in [-0.25, -0.2) is 4.98 Å². The number of aliphatic hydroxyl groups is 1. The Balaban J connectivity index is 2.20. The van der Waals surface area contributed by atoms with E-state index in [-0.39, 0.29) is 24.3 Å². The summed E-state index contributed by atoms with van der Waals surface area (Å²) < 4.78 is 41.7. The van der Waals surface area contributed by atoms with Gasteiger partial charge in [-0.2, -0.15) is 13.2 Å². The summed E-state index contributed by atoms with van der Waals surface area (Å²) in [7, 11) is 0. The summed E-state index contributed by atoms with van der Waals surface area (Å²) in [5.74, 6) is 0. The molecule has 0 fully saturated rings. The normalized spacial score (nSPS) is 12.7. The zero-order valence-corrected chi connectivity index (χ0v) is 14.5. The van der Waals surface area contributed by atoms with E-state index in [0.29, 0.717) is 5.65 Å². The minimum absolute atomic E-state index is 0.0206. The Morgan fingerprint density at radius 3 is 2.42 bits per heavy atom. The minimum Gasteiger partial charge on any atom is -0.389 e. The number of nitrogens with zero attached hydrogens (tertiary/aromatic N) is 2. The highest BCUT2D eigenvalue weighted by Crippen LogP contribution is 2.37. The van der Waals surface area contributed by atoms with Crippen LogP contribution in [-0.4, -0.2) is 20.3 Å². The maximum Gasteiger partial charge on any atom is 0.417 e. The third-order valence-corrected chi connectivity index (χ3v) is 4.09. The topological polar surface area (TPSA) is 64.1 Å². The Morgan fingerprint density at radius 2 is 1.81 bits per heavy atom. The van der Waals surface area contributed by atoms with Crippen LogP contribution < -0.4 is 5.73 Å². The van der Waals surface area contributed by atoms with Gasteiger partial charge in [0.05, 0.1) is 23.4 Å². The summed E-state index contributed by atoms with van der Waals surface area (Å²) in [5.41, 5.74) is 5.62. The molecule has 0 saturated heterocycles. The maximum absolute atomic E-state index is 13.3. The summed E-state index contributed by atoms with van der Waals surface area (Å²) in [6.45, 7) is 3.84. The van der Waals surface area contributed by atoms with Crippen LogP contribution >= 0.6 is 0 Å². The molecule has 2 heterocycles. The Hall–Kier alpha value is -2.38. The zero-order chi connectivity index (χ0) is 19.1. The van der Waals surface area contributed by atoms with E-state index < -0.39 is 17.3 Å². The second-order valence-corrected chi connectivity index (χ2v) is 6.91. The van der Waals surface area contributed by atoms with Crippen LogP contribution in [0, 0.1) is 0 Å². The molecule has 4 nitrogen and oxygen atoms in total. The van der Waals surface area contributed by atoms with E-state index in [9.17, 15) is 18.3 Å². The number of alkyl halides is 3. The molecule has 1 aromatic carbocycles. The van der Waals surface area contributed by atoms with E-state index >= 15 is 0 Å². The number of halogens is 3. The second kappa shape index (κ2) is 6.41. The van der Waals surface area contributed by atoms with Crippen LogP contribution in [0.4, 0.5) is 13.2 Å². The van der Waals surface area contributed by atoms with Crippen molar-refractivity contribution in [2.24, 2.45) is 5.73 Å². The predicted molar refractivity (Wildman–Crippen MR) is 94.4 cm³/mol. The average Bonchev–Trinajstić information content (AvgIpc) is 2.89. The lowest BCUT2D eigenvalue weighted by Gasteiger charge is -2.18. The molecule has 0 atom stereocenters. The lowest BCUT2D eigenvalue weighted by molar-refractivity contribution is -0.137. The van der Waals surface area contributed by atoms with Gasteiger partial charge in [-0.05, 0) is 37.6 Å². The Morgan fingerprint density at radius 1 is 1.12 bits per heavy atom. The van der Waals surface area contributed by atoms with E-state index in [4.69, 9.17) is 5.73 Å². The molecule has 2 aromatic heterocycles. The summed E-state index contributed by atoms with van der Waals surface area (Å²) in [4.78, 5) is 4.47. The Kier molecular flexibility index (Phi) is 4.54. The first-order valence-corrected chi connectivity index (χ1v) is 8.18. The van der Waals surface area contributed by atoms with Crippen molar-refractivity contribution in [1.29, 1.82) is 0 Å². The van der Waals surface area contributed by atoms with Crippen molar-refractivity contribution >= 4 is 11.0 Å². The summed E-state index contributed by atoms with van der Waals surface area (Å²) in [5, 5.41) is 10.9. The molecule has 0 bridgehead atoms. The van der Waals surface area contributed by atoms with Crippen molar-refractivity contribution in [2.45, 2.75) is 38.7 Å². The fraction of sp³-hybridized carbons (Fsp3) is 0.316. The van der Waals surface area contributed by atoms with Crippen molar-refractivity contribution in [3.63, 3.8) is 0 Å². The molecule has 3 rings (SSSR count). The maximum atomic E-state index is 13.3. The van der Waals surface area contributed by atoms with Crippen molar-refractivity contribution < 1.29 is 18.3 Å². The Labute approximate surface area is 149 Å². The highest BCUT2D eigenvalue weighted by Gasteiger charge is 2.33. The molecule has 0 aliphatic rings. The molecule has 7 heteroatoms.